The highest BCUT2D eigenvalue weighted by molar-refractivity contribution is 4.92. The second-order valence-electron chi connectivity index (χ2n) is 7.53. The average molecular weight is 241 g/mol. The van der Waals surface area contributed by atoms with Gasteiger partial charge in [0, 0.05) is 19.2 Å². The van der Waals surface area contributed by atoms with Gasteiger partial charge in [0.05, 0.1) is 0 Å². The van der Waals surface area contributed by atoms with Crippen LogP contribution in [0.3, 0.4) is 0 Å². The molecule has 1 aliphatic carbocycles. The van der Waals surface area contributed by atoms with E-state index >= 15 is 0 Å². The SMILES string of the molecule is CC1CC(C)(C)CC1NCC(C)(C)CCCO. The van der Waals surface area contributed by atoms with E-state index in [0.717, 1.165) is 25.3 Å². The Morgan fingerprint density at radius 1 is 1.29 bits per heavy atom. The summed E-state index contributed by atoms with van der Waals surface area (Å²) >= 11 is 0. The van der Waals surface area contributed by atoms with E-state index < -0.39 is 0 Å². The first-order valence-electron chi connectivity index (χ1n) is 7.10. The number of hydrogen-bond donors (Lipinski definition) is 2. The molecule has 2 unspecified atom stereocenters. The van der Waals surface area contributed by atoms with Gasteiger partial charge in [0.15, 0.2) is 0 Å². The summed E-state index contributed by atoms with van der Waals surface area (Å²) in [4.78, 5) is 0. The predicted octanol–water partition coefficient (Wildman–Crippen LogP) is 3.20. The highest BCUT2D eigenvalue weighted by Crippen LogP contribution is 2.41. The maximum absolute atomic E-state index is 8.90. The lowest BCUT2D eigenvalue weighted by atomic mass is 9.87. The fourth-order valence-corrected chi connectivity index (χ4v) is 3.22. The van der Waals surface area contributed by atoms with Gasteiger partial charge in [-0.15, -0.1) is 0 Å². The molecule has 0 bridgehead atoms. The zero-order valence-corrected chi connectivity index (χ0v) is 12.3. The van der Waals surface area contributed by atoms with Gasteiger partial charge in [-0.05, 0) is 42.4 Å². The predicted molar refractivity (Wildman–Crippen MR) is 74.1 cm³/mol. The minimum Gasteiger partial charge on any atom is -0.396 e. The van der Waals surface area contributed by atoms with Gasteiger partial charge in [-0.3, -0.25) is 0 Å². The summed E-state index contributed by atoms with van der Waals surface area (Å²) in [5, 5.41) is 12.7. The molecule has 1 rings (SSSR count). The molecule has 1 fully saturated rings. The van der Waals surface area contributed by atoms with E-state index in [1.807, 2.05) is 0 Å². The van der Waals surface area contributed by atoms with Crippen LogP contribution in [0.2, 0.25) is 0 Å². The van der Waals surface area contributed by atoms with E-state index in [4.69, 9.17) is 5.11 Å². The Hall–Kier alpha value is -0.0800. The molecule has 0 aromatic rings. The second-order valence-corrected chi connectivity index (χ2v) is 7.53. The molecule has 0 heterocycles. The van der Waals surface area contributed by atoms with Crippen LogP contribution in [0.5, 0.6) is 0 Å². The highest BCUT2D eigenvalue weighted by atomic mass is 16.2. The molecule has 0 aliphatic heterocycles. The van der Waals surface area contributed by atoms with Gasteiger partial charge in [-0.25, -0.2) is 0 Å². The molecule has 1 saturated carbocycles. The monoisotopic (exact) mass is 241 g/mol. The van der Waals surface area contributed by atoms with Crippen molar-refractivity contribution in [2.45, 2.75) is 66.3 Å². The van der Waals surface area contributed by atoms with E-state index in [0.29, 0.717) is 23.5 Å². The largest absolute Gasteiger partial charge is 0.396 e. The van der Waals surface area contributed by atoms with Crippen molar-refractivity contribution in [1.82, 2.24) is 5.32 Å². The van der Waals surface area contributed by atoms with E-state index in [9.17, 15) is 0 Å². The van der Waals surface area contributed by atoms with Crippen LogP contribution in [0.4, 0.5) is 0 Å². The molecule has 0 amide bonds. The number of nitrogens with one attached hydrogen (secondary N) is 1. The van der Waals surface area contributed by atoms with Gasteiger partial charge in [0.2, 0.25) is 0 Å². The van der Waals surface area contributed by atoms with Crippen molar-refractivity contribution in [3.05, 3.63) is 0 Å². The van der Waals surface area contributed by atoms with Gasteiger partial charge in [-0.1, -0.05) is 34.6 Å². The highest BCUT2D eigenvalue weighted by Gasteiger charge is 2.36. The first-order chi connectivity index (χ1) is 7.76. The number of rotatable bonds is 6. The Morgan fingerprint density at radius 2 is 1.94 bits per heavy atom. The lowest BCUT2D eigenvalue weighted by Crippen LogP contribution is -2.38. The molecule has 2 N–H and O–H groups in total. The van der Waals surface area contributed by atoms with Crippen molar-refractivity contribution < 1.29 is 5.11 Å². The van der Waals surface area contributed by atoms with Crippen molar-refractivity contribution in [3.63, 3.8) is 0 Å². The molecule has 102 valence electrons. The zero-order valence-electron chi connectivity index (χ0n) is 12.3. The van der Waals surface area contributed by atoms with Crippen molar-refractivity contribution in [2.75, 3.05) is 13.2 Å². The van der Waals surface area contributed by atoms with Gasteiger partial charge in [-0.2, -0.15) is 0 Å². The van der Waals surface area contributed by atoms with Crippen molar-refractivity contribution >= 4 is 0 Å². The molecule has 0 saturated heterocycles. The lowest BCUT2D eigenvalue weighted by molar-refractivity contribution is 0.227. The molecule has 0 aromatic carbocycles. The van der Waals surface area contributed by atoms with Crippen LogP contribution in [-0.2, 0) is 0 Å². The second kappa shape index (κ2) is 5.71. The van der Waals surface area contributed by atoms with E-state index in [-0.39, 0.29) is 0 Å². The van der Waals surface area contributed by atoms with Gasteiger partial charge in [0.25, 0.3) is 0 Å². The molecule has 17 heavy (non-hydrogen) atoms. The Labute approximate surface area is 107 Å². The average Bonchev–Trinajstić information content (AvgIpc) is 2.46. The Balaban J connectivity index is 2.35. The summed E-state index contributed by atoms with van der Waals surface area (Å²) in [5.41, 5.74) is 0.807. The summed E-state index contributed by atoms with van der Waals surface area (Å²) in [7, 11) is 0. The molecule has 0 aromatic heterocycles. The van der Waals surface area contributed by atoms with Gasteiger partial charge < -0.3 is 10.4 Å². The third-order valence-electron chi connectivity index (χ3n) is 4.19. The van der Waals surface area contributed by atoms with Gasteiger partial charge >= 0.3 is 0 Å². The first kappa shape index (κ1) is 15.0. The van der Waals surface area contributed by atoms with Gasteiger partial charge in [0.1, 0.15) is 0 Å². The third kappa shape index (κ3) is 4.97. The molecule has 2 atom stereocenters. The van der Waals surface area contributed by atoms with Crippen LogP contribution in [0.15, 0.2) is 0 Å². The maximum Gasteiger partial charge on any atom is 0.0431 e. The molecule has 0 radical (unpaired) electrons. The topological polar surface area (TPSA) is 32.3 Å². The molecular formula is C15H31NO. The molecule has 0 spiro atoms. The van der Waals surface area contributed by atoms with Crippen LogP contribution in [0, 0.1) is 16.7 Å². The molecule has 1 aliphatic rings. The summed E-state index contributed by atoms with van der Waals surface area (Å²) in [6.07, 6.45) is 4.65. The number of hydrogen-bond acceptors (Lipinski definition) is 2. The van der Waals surface area contributed by atoms with E-state index in [1.54, 1.807) is 0 Å². The Bertz CT molecular complexity index is 235. The lowest BCUT2D eigenvalue weighted by Gasteiger charge is -2.28. The summed E-state index contributed by atoms with van der Waals surface area (Å²) in [5.74, 6) is 0.790. The standard InChI is InChI=1S/C15H31NO/c1-12-9-15(4,5)10-13(12)16-11-14(2,3)7-6-8-17/h12-13,16-17H,6-11H2,1-5H3. The molecular weight excluding hydrogens is 210 g/mol. The number of aliphatic hydroxyl groups is 1. The fraction of sp³-hybridized carbons (Fsp3) is 1.00. The number of aliphatic hydroxyl groups excluding tert-OH is 1. The minimum atomic E-state index is 0.301. The quantitative estimate of drug-likeness (QED) is 0.748. The van der Waals surface area contributed by atoms with Crippen molar-refractivity contribution in [3.8, 4) is 0 Å². The van der Waals surface area contributed by atoms with Crippen LogP contribution < -0.4 is 5.32 Å². The summed E-state index contributed by atoms with van der Waals surface area (Å²) in [6, 6.07) is 0.679. The summed E-state index contributed by atoms with van der Waals surface area (Å²) in [6.45, 7) is 13.1. The Kier molecular flexibility index (Phi) is 5.03. The van der Waals surface area contributed by atoms with E-state index in [2.05, 4.69) is 39.9 Å². The van der Waals surface area contributed by atoms with E-state index in [1.165, 1.54) is 12.8 Å². The van der Waals surface area contributed by atoms with Crippen molar-refractivity contribution in [1.29, 1.82) is 0 Å². The third-order valence-corrected chi connectivity index (χ3v) is 4.19. The van der Waals surface area contributed by atoms with Crippen molar-refractivity contribution in [2.24, 2.45) is 16.7 Å². The van der Waals surface area contributed by atoms with Crippen LogP contribution in [-0.4, -0.2) is 24.3 Å². The normalized spacial score (nSPS) is 28.6. The fourth-order valence-electron chi connectivity index (χ4n) is 3.22. The molecule has 2 nitrogen and oxygen atoms in total. The molecule has 2 heteroatoms. The maximum atomic E-state index is 8.90. The van der Waals surface area contributed by atoms with Crippen LogP contribution in [0.25, 0.3) is 0 Å². The smallest absolute Gasteiger partial charge is 0.0431 e. The Morgan fingerprint density at radius 3 is 2.41 bits per heavy atom. The van der Waals surface area contributed by atoms with Crippen LogP contribution in [0.1, 0.15) is 60.3 Å². The zero-order chi connectivity index (χ0) is 13.1. The first-order valence-corrected chi connectivity index (χ1v) is 7.10. The van der Waals surface area contributed by atoms with Crippen LogP contribution >= 0.6 is 0 Å². The summed E-state index contributed by atoms with van der Waals surface area (Å²) < 4.78 is 0. The minimum absolute atomic E-state index is 0.301.